The van der Waals surface area contributed by atoms with Crippen molar-refractivity contribution in [3.05, 3.63) is 35.6 Å². The van der Waals surface area contributed by atoms with E-state index in [-0.39, 0.29) is 0 Å². The summed E-state index contributed by atoms with van der Waals surface area (Å²) >= 11 is 0. The number of aryl methyl sites for hydroxylation is 1. The van der Waals surface area contributed by atoms with E-state index in [2.05, 4.69) is 39.0 Å². The van der Waals surface area contributed by atoms with Gasteiger partial charge in [-0.1, -0.05) is 19.9 Å². The molecule has 0 N–H and O–H groups in total. The highest BCUT2D eigenvalue weighted by atomic mass is 16.3. The summed E-state index contributed by atoms with van der Waals surface area (Å²) in [5.41, 5.74) is 3.58. The third-order valence-corrected chi connectivity index (χ3v) is 2.46. The summed E-state index contributed by atoms with van der Waals surface area (Å²) < 4.78 is 5.38. The Morgan fingerprint density at radius 3 is 2.69 bits per heavy atom. The molecule has 1 aromatic heterocycles. The summed E-state index contributed by atoms with van der Waals surface area (Å²) in [4.78, 5) is 0. The molecule has 1 heteroatoms. The maximum atomic E-state index is 5.38. The number of hydrogen-bond acceptors (Lipinski definition) is 1. The summed E-state index contributed by atoms with van der Waals surface area (Å²) in [6.07, 6.45) is 1.81. The van der Waals surface area contributed by atoms with E-state index in [0.29, 0.717) is 5.92 Å². The molecule has 0 aliphatic heterocycles. The van der Waals surface area contributed by atoms with Crippen molar-refractivity contribution in [2.75, 3.05) is 0 Å². The average molecular weight is 174 g/mol. The molecule has 0 aliphatic rings. The van der Waals surface area contributed by atoms with E-state index < -0.39 is 0 Å². The zero-order valence-electron chi connectivity index (χ0n) is 8.29. The second kappa shape index (κ2) is 2.91. The molecular weight excluding hydrogens is 160 g/mol. The SMILES string of the molecule is Cc1coc2ccc(C(C)C)cc12. The molecule has 0 bridgehead atoms. The first-order chi connectivity index (χ1) is 6.18. The number of rotatable bonds is 1. The summed E-state index contributed by atoms with van der Waals surface area (Å²) in [6, 6.07) is 6.41. The molecule has 0 unspecified atom stereocenters. The van der Waals surface area contributed by atoms with Gasteiger partial charge < -0.3 is 4.42 Å². The minimum absolute atomic E-state index is 0.582. The fourth-order valence-electron chi connectivity index (χ4n) is 1.53. The molecule has 13 heavy (non-hydrogen) atoms. The average Bonchev–Trinajstić information content (AvgIpc) is 2.47. The Labute approximate surface area is 78.4 Å². The third-order valence-electron chi connectivity index (χ3n) is 2.46. The van der Waals surface area contributed by atoms with Gasteiger partial charge in [0.25, 0.3) is 0 Å². The summed E-state index contributed by atoms with van der Waals surface area (Å²) in [7, 11) is 0. The van der Waals surface area contributed by atoms with Crippen molar-refractivity contribution < 1.29 is 4.42 Å². The lowest BCUT2D eigenvalue weighted by atomic mass is 10.0. The van der Waals surface area contributed by atoms with Crippen LogP contribution in [0.3, 0.4) is 0 Å². The van der Waals surface area contributed by atoms with Gasteiger partial charge in [-0.15, -0.1) is 0 Å². The lowest BCUT2D eigenvalue weighted by Crippen LogP contribution is -1.85. The molecule has 2 aromatic rings. The molecule has 0 radical (unpaired) electrons. The second-order valence-corrected chi connectivity index (χ2v) is 3.83. The van der Waals surface area contributed by atoms with Crippen LogP contribution in [0.15, 0.2) is 28.9 Å². The van der Waals surface area contributed by atoms with Crippen molar-refractivity contribution in [3.63, 3.8) is 0 Å². The van der Waals surface area contributed by atoms with Gasteiger partial charge in [0.05, 0.1) is 6.26 Å². The smallest absolute Gasteiger partial charge is 0.134 e. The Morgan fingerprint density at radius 2 is 2.00 bits per heavy atom. The van der Waals surface area contributed by atoms with Crippen molar-refractivity contribution in [1.82, 2.24) is 0 Å². The van der Waals surface area contributed by atoms with Crippen molar-refractivity contribution in [3.8, 4) is 0 Å². The van der Waals surface area contributed by atoms with Gasteiger partial charge in [0, 0.05) is 5.39 Å². The molecule has 0 aliphatic carbocycles. The number of furan rings is 1. The monoisotopic (exact) mass is 174 g/mol. The molecule has 1 nitrogen and oxygen atoms in total. The van der Waals surface area contributed by atoms with Crippen LogP contribution in [0.5, 0.6) is 0 Å². The molecule has 0 saturated heterocycles. The Balaban J connectivity index is 2.66. The lowest BCUT2D eigenvalue weighted by molar-refractivity contribution is 0.613. The highest BCUT2D eigenvalue weighted by molar-refractivity contribution is 5.81. The van der Waals surface area contributed by atoms with E-state index in [1.54, 1.807) is 0 Å². The van der Waals surface area contributed by atoms with E-state index in [9.17, 15) is 0 Å². The van der Waals surface area contributed by atoms with Crippen LogP contribution in [0.2, 0.25) is 0 Å². The van der Waals surface area contributed by atoms with Crippen molar-refractivity contribution >= 4 is 11.0 Å². The zero-order chi connectivity index (χ0) is 9.42. The first-order valence-electron chi connectivity index (χ1n) is 4.66. The molecular formula is C12H14O. The van der Waals surface area contributed by atoms with E-state index in [0.717, 1.165) is 5.58 Å². The van der Waals surface area contributed by atoms with Gasteiger partial charge in [-0.2, -0.15) is 0 Å². The molecule has 0 spiro atoms. The van der Waals surface area contributed by atoms with Gasteiger partial charge in [0.15, 0.2) is 0 Å². The van der Waals surface area contributed by atoms with Crippen molar-refractivity contribution in [1.29, 1.82) is 0 Å². The van der Waals surface area contributed by atoms with Crippen LogP contribution in [0, 0.1) is 6.92 Å². The fraction of sp³-hybridized carbons (Fsp3) is 0.333. The zero-order valence-corrected chi connectivity index (χ0v) is 8.29. The van der Waals surface area contributed by atoms with Crippen molar-refractivity contribution in [2.24, 2.45) is 0 Å². The third kappa shape index (κ3) is 1.35. The van der Waals surface area contributed by atoms with E-state index in [1.165, 1.54) is 16.5 Å². The second-order valence-electron chi connectivity index (χ2n) is 3.83. The summed E-state index contributed by atoms with van der Waals surface area (Å²) in [6.45, 7) is 6.49. The van der Waals surface area contributed by atoms with Crippen LogP contribution < -0.4 is 0 Å². The number of hydrogen-bond donors (Lipinski definition) is 0. The Bertz CT molecular complexity index is 424. The van der Waals surface area contributed by atoms with Crippen molar-refractivity contribution in [2.45, 2.75) is 26.7 Å². The Kier molecular flexibility index (Phi) is 1.87. The van der Waals surface area contributed by atoms with Gasteiger partial charge >= 0.3 is 0 Å². The largest absolute Gasteiger partial charge is 0.464 e. The Hall–Kier alpha value is -1.24. The quantitative estimate of drug-likeness (QED) is 0.639. The summed E-state index contributed by atoms with van der Waals surface area (Å²) in [5.74, 6) is 0.582. The number of fused-ring (bicyclic) bond motifs is 1. The molecule has 2 rings (SSSR count). The van der Waals surface area contributed by atoms with Gasteiger partial charge in [0.2, 0.25) is 0 Å². The maximum Gasteiger partial charge on any atom is 0.134 e. The lowest BCUT2D eigenvalue weighted by Gasteiger charge is -2.04. The van der Waals surface area contributed by atoms with Gasteiger partial charge in [-0.05, 0) is 36.1 Å². The van der Waals surface area contributed by atoms with E-state index >= 15 is 0 Å². The van der Waals surface area contributed by atoms with Crippen LogP contribution in [-0.2, 0) is 0 Å². The van der Waals surface area contributed by atoms with Gasteiger partial charge in [-0.25, -0.2) is 0 Å². The topological polar surface area (TPSA) is 13.1 Å². The van der Waals surface area contributed by atoms with E-state index in [4.69, 9.17) is 4.42 Å². The first-order valence-corrected chi connectivity index (χ1v) is 4.66. The molecule has 68 valence electrons. The van der Waals surface area contributed by atoms with Crippen LogP contribution in [0.1, 0.15) is 30.9 Å². The summed E-state index contributed by atoms with van der Waals surface area (Å²) in [5, 5.41) is 1.24. The maximum absolute atomic E-state index is 5.38. The first kappa shape index (κ1) is 8.36. The number of benzene rings is 1. The molecule has 0 atom stereocenters. The van der Waals surface area contributed by atoms with E-state index in [1.807, 2.05) is 6.26 Å². The van der Waals surface area contributed by atoms with Crippen LogP contribution in [-0.4, -0.2) is 0 Å². The minimum Gasteiger partial charge on any atom is -0.464 e. The fourth-order valence-corrected chi connectivity index (χ4v) is 1.53. The molecule has 0 saturated carbocycles. The highest BCUT2D eigenvalue weighted by Gasteiger charge is 2.04. The standard InChI is InChI=1S/C12H14O/c1-8(2)10-4-5-12-11(6-10)9(3)7-13-12/h4-8H,1-3H3. The normalized spacial score (nSPS) is 11.4. The highest BCUT2D eigenvalue weighted by Crippen LogP contribution is 2.24. The molecule has 1 heterocycles. The predicted molar refractivity (Wildman–Crippen MR) is 55.0 cm³/mol. The molecule has 0 fully saturated rings. The minimum atomic E-state index is 0.582. The van der Waals surface area contributed by atoms with Crippen LogP contribution in [0.25, 0.3) is 11.0 Å². The predicted octanol–water partition coefficient (Wildman–Crippen LogP) is 3.86. The molecule has 0 amide bonds. The Morgan fingerprint density at radius 1 is 1.23 bits per heavy atom. The van der Waals surface area contributed by atoms with Gasteiger partial charge in [-0.3, -0.25) is 0 Å². The van der Waals surface area contributed by atoms with Crippen LogP contribution >= 0.6 is 0 Å². The van der Waals surface area contributed by atoms with Crippen LogP contribution in [0.4, 0.5) is 0 Å². The van der Waals surface area contributed by atoms with Gasteiger partial charge in [0.1, 0.15) is 5.58 Å². The molecule has 1 aromatic carbocycles.